The first-order valence-electron chi connectivity index (χ1n) is 10.1. The zero-order chi connectivity index (χ0) is 25.3. The topological polar surface area (TPSA) is 66.8 Å². The lowest BCUT2D eigenvalue weighted by molar-refractivity contribution is -0.152. The smallest absolute Gasteiger partial charge is 0.416 e. The number of rotatable bonds is 8. The van der Waals surface area contributed by atoms with Gasteiger partial charge in [0.15, 0.2) is 5.60 Å². The minimum absolute atomic E-state index is 0.0868. The van der Waals surface area contributed by atoms with E-state index in [1.165, 1.54) is 43.4 Å². The molecule has 182 valence electrons. The van der Waals surface area contributed by atoms with Crippen molar-refractivity contribution in [2.45, 2.75) is 44.6 Å². The Morgan fingerprint density at radius 2 is 1.71 bits per heavy atom. The summed E-state index contributed by atoms with van der Waals surface area (Å²) in [7, 11) is 0. The lowest BCUT2D eigenvalue weighted by atomic mass is 10.0. The van der Waals surface area contributed by atoms with Crippen molar-refractivity contribution in [2.75, 3.05) is 0 Å². The molecule has 0 saturated carbocycles. The van der Waals surface area contributed by atoms with E-state index in [1.54, 1.807) is 17.5 Å². The van der Waals surface area contributed by atoms with Gasteiger partial charge in [-0.2, -0.15) is 13.2 Å². The van der Waals surface area contributed by atoms with E-state index in [2.05, 4.69) is 0 Å². The van der Waals surface area contributed by atoms with Crippen molar-refractivity contribution in [3.8, 4) is 16.9 Å². The second kappa shape index (κ2) is 10.2. The van der Waals surface area contributed by atoms with Crippen molar-refractivity contribution in [3.63, 3.8) is 0 Å². The van der Waals surface area contributed by atoms with Gasteiger partial charge in [-0.25, -0.2) is 4.79 Å². The van der Waals surface area contributed by atoms with E-state index in [0.29, 0.717) is 28.8 Å². The van der Waals surface area contributed by atoms with Crippen LogP contribution in [-0.4, -0.2) is 21.8 Å². The number of aliphatic carboxylic acids is 1. The van der Waals surface area contributed by atoms with E-state index < -0.39 is 29.4 Å². The molecule has 2 N–H and O–H groups in total. The molecular weight excluding hydrogens is 512 g/mol. The van der Waals surface area contributed by atoms with Crippen molar-refractivity contribution in [1.82, 2.24) is 0 Å². The number of carboxylic acids is 1. The molecule has 0 fully saturated rings. The molecule has 3 aromatic rings. The van der Waals surface area contributed by atoms with Crippen molar-refractivity contribution >= 4 is 40.5 Å². The van der Waals surface area contributed by atoms with Gasteiger partial charge in [0, 0.05) is 4.88 Å². The minimum atomic E-state index is -4.39. The second-order valence-electron chi connectivity index (χ2n) is 8.14. The standard InChI is InChI=1S/C24H21Cl2F3O4S/c1-23(2,22(31)32)33-18-10-6-14(20(25)21(18)26)5-9-17(30)19-11-15(12-34-19)13-3-7-16(8-4-13)24(27,28)29/h3-4,6-8,10-12,17,30H,5,9H2,1-2H3,(H,31,32). The molecule has 3 rings (SSSR count). The Kier molecular flexibility index (Phi) is 7.87. The number of halogens is 5. The number of alkyl halides is 3. The van der Waals surface area contributed by atoms with Gasteiger partial charge in [-0.3, -0.25) is 0 Å². The molecular formula is C24H21Cl2F3O4S. The van der Waals surface area contributed by atoms with Gasteiger partial charge in [-0.15, -0.1) is 11.3 Å². The quantitative estimate of drug-likeness (QED) is 0.312. The highest BCUT2D eigenvalue weighted by Gasteiger charge is 2.31. The number of carboxylic acid groups (broad SMARTS) is 1. The van der Waals surface area contributed by atoms with E-state index in [1.807, 2.05) is 0 Å². The van der Waals surface area contributed by atoms with Crippen LogP contribution in [0.25, 0.3) is 11.1 Å². The molecule has 0 aliphatic rings. The van der Waals surface area contributed by atoms with E-state index >= 15 is 0 Å². The van der Waals surface area contributed by atoms with Gasteiger partial charge >= 0.3 is 12.1 Å². The van der Waals surface area contributed by atoms with E-state index in [4.69, 9.17) is 27.9 Å². The third-order valence-electron chi connectivity index (χ3n) is 5.19. The molecule has 0 aliphatic carbocycles. The zero-order valence-corrected chi connectivity index (χ0v) is 20.4. The van der Waals surface area contributed by atoms with Crippen LogP contribution in [0.2, 0.25) is 10.0 Å². The van der Waals surface area contributed by atoms with Gasteiger partial charge in [0.25, 0.3) is 0 Å². The highest BCUT2D eigenvalue weighted by Crippen LogP contribution is 2.38. The Hall–Kier alpha value is -2.26. The van der Waals surface area contributed by atoms with E-state index in [0.717, 1.165) is 17.7 Å². The Morgan fingerprint density at radius 1 is 1.06 bits per heavy atom. The van der Waals surface area contributed by atoms with Crippen LogP contribution in [0.1, 0.15) is 42.4 Å². The zero-order valence-electron chi connectivity index (χ0n) is 18.1. The average molecular weight is 533 g/mol. The molecule has 0 bridgehead atoms. The summed E-state index contributed by atoms with van der Waals surface area (Å²) in [5, 5.41) is 21.9. The number of aliphatic hydroxyl groups excluding tert-OH is 1. The SMILES string of the molecule is CC(C)(Oc1ccc(CCC(O)c2cc(-c3ccc(C(F)(F)F)cc3)cs2)c(Cl)c1Cl)C(=O)O. The first-order valence-corrected chi connectivity index (χ1v) is 11.8. The fourth-order valence-electron chi connectivity index (χ4n) is 3.13. The fraction of sp³-hybridized carbons (Fsp3) is 0.292. The number of hydrogen-bond acceptors (Lipinski definition) is 4. The number of carbonyl (C=O) groups is 1. The summed E-state index contributed by atoms with van der Waals surface area (Å²) in [5.41, 5.74) is -0.209. The lowest BCUT2D eigenvalue weighted by Gasteiger charge is -2.23. The third kappa shape index (κ3) is 6.05. The summed E-state index contributed by atoms with van der Waals surface area (Å²) < 4.78 is 43.7. The Bertz CT molecular complexity index is 1170. The molecule has 10 heteroatoms. The van der Waals surface area contributed by atoms with Gasteiger partial charge in [0.05, 0.1) is 16.7 Å². The Morgan fingerprint density at radius 3 is 2.29 bits per heavy atom. The summed E-state index contributed by atoms with van der Waals surface area (Å²) in [5.74, 6) is -1.01. The van der Waals surface area contributed by atoms with Gasteiger partial charge < -0.3 is 14.9 Å². The number of aryl methyl sites for hydroxylation is 1. The molecule has 34 heavy (non-hydrogen) atoms. The molecule has 0 saturated heterocycles. The van der Waals surface area contributed by atoms with Gasteiger partial charge in [0.2, 0.25) is 0 Å². The van der Waals surface area contributed by atoms with Crippen molar-refractivity contribution in [2.24, 2.45) is 0 Å². The molecule has 0 aliphatic heterocycles. The van der Waals surface area contributed by atoms with Gasteiger partial charge in [-0.1, -0.05) is 41.4 Å². The molecule has 0 radical (unpaired) electrons. The Labute approximate surface area is 208 Å². The van der Waals surface area contributed by atoms with Crippen LogP contribution in [-0.2, 0) is 17.4 Å². The fourth-order valence-corrected chi connectivity index (χ4v) is 4.54. The highest BCUT2D eigenvalue weighted by molar-refractivity contribution is 7.10. The molecule has 1 aromatic heterocycles. The van der Waals surface area contributed by atoms with Crippen LogP contribution >= 0.6 is 34.5 Å². The molecule has 4 nitrogen and oxygen atoms in total. The summed E-state index contributed by atoms with van der Waals surface area (Å²) in [6, 6.07) is 9.80. The first kappa shape index (κ1) is 26.3. The summed E-state index contributed by atoms with van der Waals surface area (Å²) in [6.07, 6.45) is -4.50. The van der Waals surface area contributed by atoms with Gasteiger partial charge in [-0.05, 0) is 73.0 Å². The van der Waals surface area contributed by atoms with Crippen molar-refractivity contribution in [3.05, 3.63) is 73.9 Å². The monoisotopic (exact) mass is 532 g/mol. The van der Waals surface area contributed by atoms with Crippen LogP contribution in [0.5, 0.6) is 5.75 Å². The number of aliphatic hydroxyl groups is 1. The van der Waals surface area contributed by atoms with Crippen LogP contribution in [0, 0.1) is 0 Å². The maximum Gasteiger partial charge on any atom is 0.416 e. The number of benzene rings is 2. The lowest BCUT2D eigenvalue weighted by Crippen LogP contribution is -2.38. The van der Waals surface area contributed by atoms with Crippen LogP contribution < -0.4 is 4.74 Å². The van der Waals surface area contributed by atoms with Gasteiger partial charge in [0.1, 0.15) is 10.8 Å². The predicted octanol–water partition coefficient (Wildman–Crippen LogP) is 7.65. The summed E-state index contributed by atoms with van der Waals surface area (Å²) in [4.78, 5) is 11.9. The van der Waals surface area contributed by atoms with E-state index in [9.17, 15) is 28.2 Å². The molecule has 0 amide bonds. The predicted molar refractivity (Wildman–Crippen MR) is 127 cm³/mol. The van der Waals surface area contributed by atoms with Crippen molar-refractivity contribution in [1.29, 1.82) is 0 Å². The molecule has 1 atom stereocenters. The van der Waals surface area contributed by atoms with E-state index in [-0.39, 0.29) is 15.8 Å². The number of hydrogen-bond donors (Lipinski definition) is 2. The summed E-state index contributed by atoms with van der Waals surface area (Å²) >= 11 is 13.9. The molecule has 1 unspecified atom stereocenters. The summed E-state index contributed by atoms with van der Waals surface area (Å²) in [6.45, 7) is 2.79. The molecule has 1 heterocycles. The molecule has 0 spiro atoms. The molecule has 2 aromatic carbocycles. The van der Waals surface area contributed by atoms with Crippen LogP contribution in [0.15, 0.2) is 47.8 Å². The third-order valence-corrected chi connectivity index (χ3v) is 7.13. The normalized spacial score (nSPS) is 13.1. The van der Waals surface area contributed by atoms with Crippen LogP contribution in [0.4, 0.5) is 13.2 Å². The first-order chi connectivity index (χ1) is 15.8. The second-order valence-corrected chi connectivity index (χ2v) is 9.83. The maximum absolute atomic E-state index is 12.8. The largest absolute Gasteiger partial charge is 0.478 e. The Balaban J connectivity index is 1.67. The van der Waals surface area contributed by atoms with Crippen LogP contribution in [0.3, 0.4) is 0 Å². The average Bonchev–Trinajstić information content (AvgIpc) is 3.26. The number of thiophene rings is 1. The highest BCUT2D eigenvalue weighted by atomic mass is 35.5. The van der Waals surface area contributed by atoms with Crippen molar-refractivity contribution < 1.29 is 32.9 Å². The maximum atomic E-state index is 12.8. The number of ether oxygens (including phenoxy) is 1. The minimum Gasteiger partial charge on any atom is -0.478 e.